The number of hydrogen-bond donors (Lipinski definition) is 2. The highest BCUT2D eigenvalue weighted by Gasteiger charge is 2.06. The third-order valence-electron chi connectivity index (χ3n) is 2.55. The van der Waals surface area contributed by atoms with Crippen molar-refractivity contribution in [3.05, 3.63) is 29.6 Å². The summed E-state index contributed by atoms with van der Waals surface area (Å²) in [6, 6.07) is 3.12. The Kier molecular flexibility index (Phi) is 5.26. The van der Waals surface area contributed by atoms with E-state index in [1.165, 1.54) is 12.3 Å². The van der Waals surface area contributed by atoms with Crippen LogP contribution in [0.1, 0.15) is 23.0 Å². The molecule has 0 bridgehead atoms. The minimum atomic E-state index is -0.998. The normalized spacial score (nSPS) is 10.1. The van der Waals surface area contributed by atoms with E-state index in [1.807, 2.05) is 6.92 Å². The first-order valence-electron chi connectivity index (χ1n) is 5.67. The molecule has 1 rings (SSSR count). The van der Waals surface area contributed by atoms with Crippen LogP contribution in [-0.4, -0.2) is 47.0 Å². The minimum Gasteiger partial charge on any atom is -0.478 e. The summed E-state index contributed by atoms with van der Waals surface area (Å²) >= 11 is 0. The van der Waals surface area contributed by atoms with Crippen LogP contribution in [0.4, 0.5) is 0 Å². The third kappa shape index (κ3) is 4.14. The van der Waals surface area contributed by atoms with Crippen molar-refractivity contribution in [2.75, 3.05) is 20.1 Å². The standard InChI is InChI=1S/C12H17N3O3/c1-3-15(2)11(16)8-13-7-10-5-4-9(6-14-10)12(17)18/h4-6,13H,3,7-8H2,1-2H3,(H,17,18). The zero-order valence-electron chi connectivity index (χ0n) is 10.5. The van der Waals surface area contributed by atoms with E-state index in [2.05, 4.69) is 10.3 Å². The molecule has 0 aliphatic rings. The van der Waals surface area contributed by atoms with Gasteiger partial charge < -0.3 is 15.3 Å². The van der Waals surface area contributed by atoms with Gasteiger partial charge in [-0.3, -0.25) is 9.78 Å². The minimum absolute atomic E-state index is 0.0136. The van der Waals surface area contributed by atoms with E-state index in [0.717, 1.165) is 0 Å². The average molecular weight is 251 g/mol. The van der Waals surface area contributed by atoms with Crippen molar-refractivity contribution in [2.45, 2.75) is 13.5 Å². The molecule has 1 heterocycles. The molecular formula is C12H17N3O3. The maximum Gasteiger partial charge on any atom is 0.337 e. The number of carbonyl (C=O) groups is 2. The number of nitrogens with zero attached hydrogens (tertiary/aromatic N) is 2. The van der Waals surface area contributed by atoms with Crippen LogP contribution < -0.4 is 5.32 Å². The van der Waals surface area contributed by atoms with Crippen LogP contribution in [0.25, 0.3) is 0 Å². The highest BCUT2D eigenvalue weighted by atomic mass is 16.4. The molecule has 0 saturated carbocycles. The van der Waals surface area contributed by atoms with E-state index >= 15 is 0 Å². The van der Waals surface area contributed by atoms with Crippen LogP contribution in [0.3, 0.4) is 0 Å². The van der Waals surface area contributed by atoms with E-state index in [1.54, 1.807) is 18.0 Å². The lowest BCUT2D eigenvalue weighted by Crippen LogP contribution is -2.35. The summed E-state index contributed by atoms with van der Waals surface area (Å²) in [5, 5.41) is 11.7. The number of hydrogen-bond acceptors (Lipinski definition) is 4. The van der Waals surface area contributed by atoms with Crippen LogP contribution in [0.5, 0.6) is 0 Å². The van der Waals surface area contributed by atoms with Gasteiger partial charge in [0.2, 0.25) is 5.91 Å². The van der Waals surface area contributed by atoms with Crippen LogP contribution in [0.15, 0.2) is 18.3 Å². The van der Waals surface area contributed by atoms with E-state index < -0.39 is 5.97 Å². The molecule has 0 aliphatic heterocycles. The second-order valence-electron chi connectivity index (χ2n) is 3.85. The van der Waals surface area contributed by atoms with Crippen molar-refractivity contribution in [2.24, 2.45) is 0 Å². The summed E-state index contributed by atoms with van der Waals surface area (Å²) < 4.78 is 0. The van der Waals surface area contributed by atoms with Crippen molar-refractivity contribution >= 4 is 11.9 Å². The van der Waals surface area contributed by atoms with Gasteiger partial charge in [-0.2, -0.15) is 0 Å². The summed E-state index contributed by atoms with van der Waals surface area (Å²) in [5.74, 6) is -0.985. The van der Waals surface area contributed by atoms with Gasteiger partial charge in [0.15, 0.2) is 0 Å². The predicted octanol–water partition coefficient (Wildman–Crippen LogP) is 0.348. The largest absolute Gasteiger partial charge is 0.478 e. The van der Waals surface area contributed by atoms with Gasteiger partial charge in [-0.05, 0) is 19.1 Å². The van der Waals surface area contributed by atoms with E-state index in [4.69, 9.17) is 5.11 Å². The van der Waals surface area contributed by atoms with Crippen molar-refractivity contribution < 1.29 is 14.7 Å². The second kappa shape index (κ2) is 6.70. The predicted molar refractivity (Wildman–Crippen MR) is 66.2 cm³/mol. The van der Waals surface area contributed by atoms with E-state index in [0.29, 0.717) is 18.8 Å². The monoisotopic (exact) mass is 251 g/mol. The van der Waals surface area contributed by atoms with Crippen molar-refractivity contribution in [3.63, 3.8) is 0 Å². The maximum atomic E-state index is 11.5. The van der Waals surface area contributed by atoms with Crippen molar-refractivity contribution in [1.29, 1.82) is 0 Å². The topological polar surface area (TPSA) is 82.5 Å². The lowest BCUT2D eigenvalue weighted by atomic mass is 10.2. The van der Waals surface area contributed by atoms with Crippen LogP contribution in [0.2, 0.25) is 0 Å². The quantitative estimate of drug-likeness (QED) is 0.762. The average Bonchev–Trinajstić information content (AvgIpc) is 2.38. The van der Waals surface area contributed by atoms with Crippen molar-refractivity contribution in [1.82, 2.24) is 15.2 Å². The number of aromatic nitrogens is 1. The van der Waals surface area contributed by atoms with Gasteiger partial charge in [0.1, 0.15) is 0 Å². The van der Waals surface area contributed by atoms with E-state index in [9.17, 15) is 9.59 Å². The summed E-state index contributed by atoms with van der Waals surface area (Å²) in [5.41, 5.74) is 0.854. The molecule has 6 heteroatoms. The van der Waals surface area contributed by atoms with Crippen LogP contribution >= 0.6 is 0 Å². The number of carbonyl (C=O) groups excluding carboxylic acids is 1. The van der Waals surface area contributed by atoms with Gasteiger partial charge in [-0.1, -0.05) is 0 Å². The maximum absolute atomic E-state index is 11.5. The molecule has 1 amide bonds. The van der Waals surface area contributed by atoms with Crippen LogP contribution in [0, 0.1) is 0 Å². The van der Waals surface area contributed by atoms with E-state index in [-0.39, 0.29) is 18.0 Å². The Morgan fingerprint density at radius 3 is 2.67 bits per heavy atom. The zero-order valence-corrected chi connectivity index (χ0v) is 10.5. The fraction of sp³-hybridized carbons (Fsp3) is 0.417. The molecule has 0 fully saturated rings. The molecule has 2 N–H and O–H groups in total. The molecule has 0 radical (unpaired) electrons. The Balaban J connectivity index is 2.40. The molecular weight excluding hydrogens is 234 g/mol. The number of aromatic carboxylic acids is 1. The highest BCUT2D eigenvalue weighted by molar-refractivity contribution is 5.87. The fourth-order valence-electron chi connectivity index (χ4n) is 1.26. The number of likely N-dealkylation sites (N-methyl/N-ethyl adjacent to an activating group) is 1. The number of pyridine rings is 1. The Bertz CT molecular complexity index is 417. The molecule has 1 aromatic heterocycles. The molecule has 98 valence electrons. The molecule has 0 spiro atoms. The molecule has 0 atom stereocenters. The van der Waals surface area contributed by atoms with Gasteiger partial charge >= 0.3 is 5.97 Å². The van der Waals surface area contributed by atoms with Gasteiger partial charge in [-0.25, -0.2) is 4.79 Å². The van der Waals surface area contributed by atoms with Crippen LogP contribution in [-0.2, 0) is 11.3 Å². The summed E-state index contributed by atoms with van der Waals surface area (Å²) in [7, 11) is 1.74. The van der Waals surface area contributed by atoms with Gasteiger partial charge in [0.05, 0.1) is 17.8 Å². The second-order valence-corrected chi connectivity index (χ2v) is 3.85. The molecule has 0 unspecified atom stereocenters. The summed E-state index contributed by atoms with van der Waals surface area (Å²) in [6.07, 6.45) is 1.30. The Morgan fingerprint density at radius 1 is 1.44 bits per heavy atom. The van der Waals surface area contributed by atoms with Crippen molar-refractivity contribution in [3.8, 4) is 0 Å². The SMILES string of the molecule is CCN(C)C(=O)CNCc1ccc(C(=O)O)cn1. The third-order valence-corrected chi connectivity index (χ3v) is 2.55. The smallest absolute Gasteiger partial charge is 0.337 e. The Morgan fingerprint density at radius 2 is 2.17 bits per heavy atom. The lowest BCUT2D eigenvalue weighted by molar-refractivity contribution is -0.128. The number of rotatable bonds is 6. The van der Waals surface area contributed by atoms with Gasteiger partial charge in [0.25, 0.3) is 0 Å². The number of amides is 1. The Labute approximate surface area is 106 Å². The molecule has 0 aromatic carbocycles. The number of carboxylic acids is 1. The lowest BCUT2D eigenvalue weighted by Gasteiger charge is -2.14. The molecule has 18 heavy (non-hydrogen) atoms. The van der Waals surface area contributed by atoms with Gasteiger partial charge in [0, 0.05) is 26.3 Å². The Hall–Kier alpha value is -1.95. The first kappa shape index (κ1) is 14.1. The molecule has 1 aromatic rings. The first-order valence-corrected chi connectivity index (χ1v) is 5.67. The van der Waals surface area contributed by atoms with Gasteiger partial charge in [-0.15, -0.1) is 0 Å². The molecule has 0 saturated heterocycles. The highest BCUT2D eigenvalue weighted by Crippen LogP contribution is 1.99. The number of carboxylic acid groups (broad SMARTS) is 1. The molecule has 0 aliphatic carbocycles. The molecule has 6 nitrogen and oxygen atoms in total. The summed E-state index contributed by atoms with van der Waals surface area (Å²) in [4.78, 5) is 27.7. The number of nitrogens with one attached hydrogen (secondary N) is 1. The first-order chi connectivity index (χ1) is 8.54. The summed E-state index contributed by atoms with van der Waals surface area (Å²) in [6.45, 7) is 3.26. The fourth-order valence-corrected chi connectivity index (χ4v) is 1.26. The zero-order chi connectivity index (χ0) is 13.5.